The number of thiocarbonyl (C=S) groups is 1. The predicted molar refractivity (Wildman–Crippen MR) is 136 cm³/mol. The number of nitrogens with one attached hydrogen (secondary N) is 1. The van der Waals surface area contributed by atoms with Crippen LogP contribution in [0.3, 0.4) is 0 Å². The van der Waals surface area contributed by atoms with Gasteiger partial charge < -0.3 is 9.84 Å². The van der Waals surface area contributed by atoms with E-state index in [0.29, 0.717) is 33.0 Å². The Kier molecular flexibility index (Phi) is 5.89. The monoisotopic (exact) mass is 490 g/mol. The van der Waals surface area contributed by atoms with Crippen LogP contribution in [0.25, 0.3) is 17.0 Å². The molecule has 1 N–H and O–H groups in total. The highest BCUT2D eigenvalue weighted by atomic mass is 35.5. The normalized spacial score (nSPS) is 16.1. The fourth-order valence-electron chi connectivity index (χ4n) is 4.04. The van der Waals surface area contributed by atoms with Crippen molar-refractivity contribution < 1.29 is 8.91 Å². The van der Waals surface area contributed by atoms with Gasteiger partial charge in [-0.1, -0.05) is 58.7 Å². The van der Waals surface area contributed by atoms with E-state index >= 15 is 0 Å². The number of allylic oxidation sites excluding steroid dienone is 1. The summed E-state index contributed by atoms with van der Waals surface area (Å²) < 4.78 is 19.9. The molecule has 8 heteroatoms. The van der Waals surface area contributed by atoms with E-state index in [-0.39, 0.29) is 5.82 Å². The van der Waals surface area contributed by atoms with Crippen molar-refractivity contribution in [3.63, 3.8) is 0 Å². The van der Waals surface area contributed by atoms with Gasteiger partial charge in [0.25, 0.3) is 5.89 Å². The van der Waals surface area contributed by atoms with Crippen molar-refractivity contribution in [2.24, 2.45) is 0 Å². The fraction of sp³-hybridized carbons (Fsp3) is 0.115. The second-order valence-electron chi connectivity index (χ2n) is 8.04. The first-order valence-corrected chi connectivity index (χ1v) is 11.4. The topological polar surface area (TPSA) is 54.2 Å². The van der Waals surface area contributed by atoms with Crippen LogP contribution >= 0.6 is 23.8 Å². The number of rotatable bonds is 4. The molecule has 1 aliphatic heterocycles. The number of aromatic nitrogens is 2. The Morgan fingerprint density at radius 1 is 1.03 bits per heavy atom. The van der Waals surface area contributed by atoms with Crippen molar-refractivity contribution in [2.45, 2.75) is 19.9 Å². The maximum atomic E-state index is 14.1. The lowest BCUT2D eigenvalue weighted by Gasteiger charge is -2.37. The van der Waals surface area contributed by atoms with Crippen LogP contribution in [0, 0.1) is 12.7 Å². The van der Waals surface area contributed by atoms with Gasteiger partial charge in [0.15, 0.2) is 5.11 Å². The van der Waals surface area contributed by atoms with Crippen molar-refractivity contribution in [3.8, 4) is 11.4 Å². The maximum absolute atomic E-state index is 14.1. The lowest BCUT2D eigenvalue weighted by Crippen LogP contribution is -2.46. The summed E-state index contributed by atoms with van der Waals surface area (Å²) in [4.78, 5) is 6.58. The molecule has 3 aromatic carbocycles. The van der Waals surface area contributed by atoms with Crippen LogP contribution < -0.4 is 10.2 Å². The minimum Gasteiger partial charge on any atom is -0.351 e. The maximum Gasteiger partial charge on any atom is 0.258 e. The van der Waals surface area contributed by atoms with Crippen LogP contribution in [-0.4, -0.2) is 15.3 Å². The molecule has 1 aliphatic rings. The number of hydrogen-bond donors (Lipinski definition) is 1. The van der Waals surface area contributed by atoms with Gasteiger partial charge in [0, 0.05) is 22.0 Å². The van der Waals surface area contributed by atoms with Crippen molar-refractivity contribution in [2.75, 3.05) is 4.90 Å². The Morgan fingerprint density at radius 3 is 2.53 bits per heavy atom. The first-order chi connectivity index (χ1) is 16.4. The number of halogens is 2. The van der Waals surface area contributed by atoms with Gasteiger partial charge in [-0.2, -0.15) is 4.98 Å². The second-order valence-corrected chi connectivity index (χ2v) is 8.86. The Bertz CT molecular complexity index is 1420. The summed E-state index contributed by atoms with van der Waals surface area (Å²) >= 11 is 11.9. The van der Waals surface area contributed by atoms with E-state index in [1.807, 2.05) is 61.2 Å². The third kappa shape index (κ3) is 4.20. The molecule has 0 fully saturated rings. The number of aryl methyl sites for hydroxylation is 1. The van der Waals surface area contributed by atoms with E-state index in [1.165, 1.54) is 12.1 Å². The molecule has 34 heavy (non-hydrogen) atoms. The Morgan fingerprint density at radius 2 is 1.79 bits per heavy atom. The molecule has 0 saturated carbocycles. The average Bonchev–Trinajstić information content (AvgIpc) is 3.30. The first kappa shape index (κ1) is 22.3. The lowest BCUT2D eigenvalue weighted by atomic mass is 9.94. The van der Waals surface area contributed by atoms with E-state index in [2.05, 4.69) is 15.5 Å². The predicted octanol–water partition coefficient (Wildman–Crippen LogP) is 6.70. The van der Waals surface area contributed by atoms with E-state index in [4.69, 9.17) is 28.3 Å². The van der Waals surface area contributed by atoms with E-state index in [9.17, 15) is 4.39 Å². The fourth-order valence-corrected chi connectivity index (χ4v) is 4.59. The average molecular weight is 491 g/mol. The molecule has 0 bridgehead atoms. The van der Waals surface area contributed by atoms with Gasteiger partial charge in [-0.05, 0) is 68.0 Å². The Balaban J connectivity index is 1.66. The van der Waals surface area contributed by atoms with Crippen LogP contribution in [0.5, 0.6) is 0 Å². The summed E-state index contributed by atoms with van der Waals surface area (Å²) in [6, 6.07) is 21.2. The van der Waals surface area contributed by atoms with Gasteiger partial charge in [-0.3, -0.25) is 4.90 Å². The quantitative estimate of drug-likeness (QED) is 0.321. The molecule has 0 saturated heterocycles. The summed E-state index contributed by atoms with van der Waals surface area (Å²) in [6.45, 7) is 3.97. The molecule has 170 valence electrons. The summed E-state index contributed by atoms with van der Waals surface area (Å²) in [5.41, 5.74) is 4.98. The molecule has 0 spiro atoms. The standard InChI is InChI=1S/C26H20ClFN4OS/c1-15-9-11-21(12-10-15)32-16(2)22(23(29-26(32)34)17-5-4-8-20(28)14-17)25-30-24(31-33-25)18-6-3-7-19(27)13-18/h3-14,23H,1-2H3,(H,29,34). The third-order valence-electron chi connectivity index (χ3n) is 5.70. The number of benzene rings is 3. The molecule has 0 radical (unpaired) electrons. The molecule has 0 aliphatic carbocycles. The number of anilines is 1. The third-order valence-corrected chi connectivity index (χ3v) is 6.23. The SMILES string of the molecule is CC1=C(c2nc(-c3cccc(Cl)c3)no2)C(c2cccc(F)c2)NC(=S)N1c1ccc(C)cc1. The lowest BCUT2D eigenvalue weighted by molar-refractivity contribution is 0.404. The molecule has 1 atom stereocenters. The summed E-state index contributed by atoms with van der Waals surface area (Å²) in [7, 11) is 0. The minimum atomic E-state index is -0.474. The number of nitrogens with zero attached hydrogens (tertiary/aromatic N) is 3. The molecule has 1 aromatic heterocycles. The van der Waals surface area contributed by atoms with Crippen LogP contribution in [-0.2, 0) is 0 Å². The highest BCUT2D eigenvalue weighted by Gasteiger charge is 2.35. The van der Waals surface area contributed by atoms with Crippen LogP contribution in [0.4, 0.5) is 10.1 Å². The molecule has 4 aromatic rings. The van der Waals surface area contributed by atoms with Gasteiger partial charge in [-0.25, -0.2) is 4.39 Å². The van der Waals surface area contributed by atoms with Gasteiger partial charge in [0.1, 0.15) is 5.82 Å². The summed E-state index contributed by atoms with van der Waals surface area (Å²) in [5, 5.41) is 8.59. The highest BCUT2D eigenvalue weighted by Crippen LogP contribution is 2.39. The molecule has 2 heterocycles. The second kappa shape index (κ2) is 9.00. The van der Waals surface area contributed by atoms with Crippen molar-refractivity contribution >= 4 is 40.2 Å². The van der Waals surface area contributed by atoms with Crippen LogP contribution in [0.15, 0.2) is 83.0 Å². The molecule has 5 rings (SSSR count). The Labute approximate surface area is 206 Å². The first-order valence-electron chi connectivity index (χ1n) is 10.6. The smallest absolute Gasteiger partial charge is 0.258 e. The van der Waals surface area contributed by atoms with E-state index in [0.717, 1.165) is 22.5 Å². The van der Waals surface area contributed by atoms with Crippen molar-refractivity contribution in [1.29, 1.82) is 0 Å². The summed E-state index contributed by atoms with van der Waals surface area (Å²) in [6.07, 6.45) is 0. The van der Waals surface area contributed by atoms with Gasteiger partial charge in [0.05, 0.1) is 11.6 Å². The van der Waals surface area contributed by atoms with Gasteiger partial charge in [-0.15, -0.1) is 0 Å². The largest absolute Gasteiger partial charge is 0.351 e. The zero-order chi connectivity index (χ0) is 23.8. The minimum absolute atomic E-state index is 0.314. The van der Waals surface area contributed by atoms with Crippen molar-refractivity contribution in [1.82, 2.24) is 15.5 Å². The van der Waals surface area contributed by atoms with Crippen LogP contribution in [0.2, 0.25) is 5.02 Å². The molecular weight excluding hydrogens is 471 g/mol. The van der Waals surface area contributed by atoms with Gasteiger partial charge in [0.2, 0.25) is 5.82 Å². The molecule has 1 unspecified atom stereocenters. The Hall–Kier alpha value is -3.55. The zero-order valence-electron chi connectivity index (χ0n) is 18.4. The highest BCUT2D eigenvalue weighted by molar-refractivity contribution is 7.80. The summed E-state index contributed by atoms with van der Waals surface area (Å²) in [5.74, 6) is 0.382. The molecular formula is C26H20ClFN4OS. The van der Waals surface area contributed by atoms with E-state index in [1.54, 1.807) is 18.2 Å². The van der Waals surface area contributed by atoms with Crippen molar-refractivity contribution in [3.05, 3.63) is 106 Å². The molecule has 0 amide bonds. The number of hydrogen-bond acceptors (Lipinski definition) is 4. The van der Waals surface area contributed by atoms with Crippen LogP contribution in [0.1, 0.15) is 30.0 Å². The zero-order valence-corrected chi connectivity index (χ0v) is 20.0. The van der Waals surface area contributed by atoms with Gasteiger partial charge >= 0.3 is 0 Å². The van der Waals surface area contributed by atoms with E-state index < -0.39 is 6.04 Å². The molecule has 5 nitrogen and oxygen atoms in total.